The highest BCUT2D eigenvalue weighted by molar-refractivity contribution is 8.18. The average Bonchev–Trinajstić information content (AvgIpc) is 3.11. The zero-order chi connectivity index (χ0) is 25.2. The Labute approximate surface area is 208 Å². The minimum absolute atomic E-state index is 0.123. The molecule has 4 rings (SSSR count). The molecule has 3 aromatic carbocycles. The van der Waals surface area contributed by atoms with E-state index in [0.717, 1.165) is 22.9 Å². The average molecular weight is 509 g/mol. The van der Waals surface area contributed by atoms with E-state index in [1.807, 2.05) is 32.9 Å². The molecular weight excluding hydrogens is 484 g/mol. The van der Waals surface area contributed by atoms with Gasteiger partial charge in [-0.25, -0.2) is 8.42 Å². The van der Waals surface area contributed by atoms with Gasteiger partial charge in [-0.2, -0.15) is 0 Å². The molecule has 0 aliphatic carbocycles. The molecule has 180 valence electrons. The van der Waals surface area contributed by atoms with Crippen LogP contribution in [0.5, 0.6) is 11.5 Å². The standard InChI is InChI=1S/C26H24N2O5S2/c1-26(2,3)21-6-4-5-7-22(21)28-35(31,32)20-14-12-19(13-15-20)33-18-10-8-17(9-11-18)16-23-24(29)27-25(30)34-23/h4-16,28H,1-3H3,(H,27,29,30)/b23-16+. The van der Waals surface area contributed by atoms with E-state index in [2.05, 4.69) is 10.0 Å². The lowest BCUT2D eigenvalue weighted by atomic mass is 9.86. The number of nitrogens with one attached hydrogen (secondary N) is 2. The topological polar surface area (TPSA) is 102 Å². The lowest BCUT2D eigenvalue weighted by Crippen LogP contribution is -2.19. The van der Waals surface area contributed by atoms with E-state index in [1.54, 1.807) is 54.6 Å². The minimum Gasteiger partial charge on any atom is -0.457 e. The van der Waals surface area contributed by atoms with Crippen LogP contribution in [0.15, 0.2) is 82.6 Å². The Morgan fingerprint density at radius 3 is 2.06 bits per heavy atom. The van der Waals surface area contributed by atoms with Crippen LogP contribution in [0.25, 0.3) is 6.08 Å². The molecule has 1 heterocycles. The van der Waals surface area contributed by atoms with Crippen LogP contribution in [0.2, 0.25) is 0 Å². The number of hydrogen-bond donors (Lipinski definition) is 2. The van der Waals surface area contributed by atoms with Crippen molar-refractivity contribution in [2.45, 2.75) is 31.1 Å². The van der Waals surface area contributed by atoms with Gasteiger partial charge < -0.3 is 4.74 Å². The van der Waals surface area contributed by atoms with Gasteiger partial charge in [-0.15, -0.1) is 0 Å². The highest BCUT2D eigenvalue weighted by atomic mass is 32.2. The fourth-order valence-corrected chi connectivity index (χ4v) is 5.22. The number of amides is 2. The Morgan fingerprint density at radius 2 is 1.49 bits per heavy atom. The number of sulfonamides is 1. The molecule has 2 amide bonds. The van der Waals surface area contributed by atoms with Gasteiger partial charge in [0, 0.05) is 0 Å². The number of rotatable bonds is 6. The van der Waals surface area contributed by atoms with E-state index in [9.17, 15) is 18.0 Å². The van der Waals surface area contributed by atoms with Crippen LogP contribution in [0.4, 0.5) is 10.5 Å². The van der Waals surface area contributed by atoms with Crippen molar-refractivity contribution in [1.29, 1.82) is 0 Å². The maximum absolute atomic E-state index is 13.0. The summed E-state index contributed by atoms with van der Waals surface area (Å²) in [6.45, 7) is 6.09. The molecule has 0 radical (unpaired) electrons. The largest absolute Gasteiger partial charge is 0.457 e. The van der Waals surface area contributed by atoms with Crippen molar-refractivity contribution in [2.24, 2.45) is 0 Å². The number of thioether (sulfide) groups is 1. The second kappa shape index (κ2) is 9.59. The summed E-state index contributed by atoms with van der Waals surface area (Å²) in [6, 6.07) is 20.5. The van der Waals surface area contributed by atoms with Gasteiger partial charge >= 0.3 is 0 Å². The molecule has 0 atom stereocenters. The maximum Gasteiger partial charge on any atom is 0.290 e. The highest BCUT2D eigenvalue weighted by Gasteiger charge is 2.25. The maximum atomic E-state index is 13.0. The second-order valence-electron chi connectivity index (χ2n) is 8.90. The molecule has 0 saturated carbocycles. The molecule has 0 unspecified atom stereocenters. The predicted molar refractivity (Wildman–Crippen MR) is 138 cm³/mol. The van der Waals surface area contributed by atoms with Gasteiger partial charge in [0.2, 0.25) is 0 Å². The molecule has 2 N–H and O–H groups in total. The predicted octanol–water partition coefficient (Wildman–Crippen LogP) is 5.90. The Balaban J connectivity index is 1.45. The summed E-state index contributed by atoms with van der Waals surface area (Å²) < 4.78 is 34.4. The van der Waals surface area contributed by atoms with Crippen molar-refractivity contribution < 1.29 is 22.7 Å². The Hall–Kier alpha value is -3.56. The molecule has 9 heteroatoms. The fraction of sp³-hybridized carbons (Fsp3) is 0.154. The van der Waals surface area contributed by atoms with Crippen molar-refractivity contribution in [3.63, 3.8) is 0 Å². The van der Waals surface area contributed by atoms with Crippen LogP contribution in [-0.2, 0) is 20.2 Å². The van der Waals surface area contributed by atoms with Crippen LogP contribution < -0.4 is 14.8 Å². The van der Waals surface area contributed by atoms with E-state index in [-0.39, 0.29) is 15.5 Å². The van der Waals surface area contributed by atoms with E-state index in [0.29, 0.717) is 22.1 Å². The molecule has 1 fully saturated rings. The molecule has 3 aromatic rings. The number of imide groups is 1. The zero-order valence-corrected chi connectivity index (χ0v) is 21.0. The van der Waals surface area contributed by atoms with Crippen LogP contribution in [0, 0.1) is 0 Å². The number of carbonyl (C=O) groups is 2. The summed E-state index contributed by atoms with van der Waals surface area (Å²) in [5.41, 5.74) is 1.98. The van der Waals surface area contributed by atoms with E-state index < -0.39 is 15.9 Å². The molecule has 0 spiro atoms. The third kappa shape index (κ3) is 5.93. The first-order chi connectivity index (χ1) is 16.5. The number of carbonyl (C=O) groups excluding carboxylic acids is 2. The first-order valence-electron chi connectivity index (χ1n) is 10.8. The molecule has 0 bridgehead atoms. The lowest BCUT2D eigenvalue weighted by molar-refractivity contribution is -0.115. The van der Waals surface area contributed by atoms with E-state index >= 15 is 0 Å². The number of para-hydroxylation sites is 1. The van der Waals surface area contributed by atoms with E-state index in [4.69, 9.17) is 4.74 Å². The van der Waals surface area contributed by atoms with Crippen LogP contribution in [0.1, 0.15) is 31.9 Å². The SMILES string of the molecule is CC(C)(C)c1ccccc1NS(=O)(=O)c1ccc(Oc2ccc(/C=C3/SC(=O)NC3=O)cc2)cc1. The van der Waals surface area contributed by atoms with Crippen LogP contribution >= 0.6 is 11.8 Å². The van der Waals surface area contributed by atoms with Gasteiger partial charge in [0.25, 0.3) is 21.2 Å². The fourth-order valence-electron chi connectivity index (χ4n) is 3.46. The first kappa shape index (κ1) is 24.6. The summed E-state index contributed by atoms with van der Waals surface area (Å²) in [7, 11) is -3.78. The Morgan fingerprint density at radius 1 is 0.886 bits per heavy atom. The molecule has 0 aromatic heterocycles. The Bertz CT molecular complexity index is 1410. The number of ether oxygens (including phenoxy) is 1. The van der Waals surface area contributed by atoms with Crippen molar-refractivity contribution >= 4 is 44.7 Å². The van der Waals surface area contributed by atoms with Crippen LogP contribution in [-0.4, -0.2) is 19.6 Å². The van der Waals surface area contributed by atoms with E-state index in [1.165, 1.54) is 12.1 Å². The van der Waals surface area contributed by atoms with Gasteiger partial charge in [0.05, 0.1) is 15.5 Å². The summed E-state index contributed by atoms with van der Waals surface area (Å²) in [5.74, 6) is 0.604. The molecular formula is C26H24N2O5S2. The Kier molecular flexibility index (Phi) is 6.73. The molecule has 1 aliphatic rings. The van der Waals surface area contributed by atoms with Gasteiger partial charge in [-0.1, -0.05) is 51.1 Å². The number of hydrogen-bond acceptors (Lipinski definition) is 6. The highest BCUT2D eigenvalue weighted by Crippen LogP contribution is 2.31. The van der Waals surface area contributed by atoms with Crippen molar-refractivity contribution in [2.75, 3.05) is 4.72 Å². The molecule has 1 aliphatic heterocycles. The first-order valence-corrected chi connectivity index (χ1v) is 13.1. The quantitative estimate of drug-likeness (QED) is 0.402. The third-order valence-corrected chi connectivity index (χ3v) is 7.36. The zero-order valence-electron chi connectivity index (χ0n) is 19.4. The second-order valence-corrected chi connectivity index (χ2v) is 11.6. The number of anilines is 1. The monoisotopic (exact) mass is 508 g/mol. The summed E-state index contributed by atoms with van der Waals surface area (Å²) in [5, 5.41) is 1.83. The summed E-state index contributed by atoms with van der Waals surface area (Å²) in [4.78, 5) is 23.4. The normalized spacial score (nSPS) is 15.2. The van der Waals surface area contributed by atoms with Gasteiger partial charge in [0.1, 0.15) is 11.5 Å². The summed E-state index contributed by atoms with van der Waals surface area (Å²) in [6.07, 6.45) is 1.62. The third-order valence-electron chi connectivity index (χ3n) is 5.17. The van der Waals surface area contributed by atoms with Crippen LogP contribution in [0.3, 0.4) is 0 Å². The van der Waals surface area contributed by atoms with Gasteiger partial charge in [-0.3, -0.25) is 19.6 Å². The minimum atomic E-state index is -3.78. The summed E-state index contributed by atoms with van der Waals surface area (Å²) >= 11 is 0.857. The smallest absolute Gasteiger partial charge is 0.290 e. The van der Waals surface area contributed by atoms with Crippen molar-refractivity contribution in [1.82, 2.24) is 5.32 Å². The molecule has 7 nitrogen and oxygen atoms in total. The number of benzene rings is 3. The van der Waals surface area contributed by atoms with Gasteiger partial charge in [-0.05, 0) is 76.8 Å². The van der Waals surface area contributed by atoms with Crippen molar-refractivity contribution in [3.8, 4) is 11.5 Å². The van der Waals surface area contributed by atoms with Crippen molar-refractivity contribution in [3.05, 3.63) is 88.8 Å². The van der Waals surface area contributed by atoms with Gasteiger partial charge in [0.15, 0.2) is 0 Å². The molecule has 1 saturated heterocycles. The lowest BCUT2D eigenvalue weighted by Gasteiger charge is -2.23. The molecule has 35 heavy (non-hydrogen) atoms.